The lowest BCUT2D eigenvalue weighted by atomic mass is 10.0. The number of carbonyl (C=O) groups excluding carboxylic acids is 2. The second-order valence-electron chi connectivity index (χ2n) is 6.87. The van der Waals surface area contributed by atoms with Crippen molar-refractivity contribution in [2.24, 2.45) is 5.92 Å². The average Bonchev–Trinajstić information content (AvgIpc) is 3.04. The Balaban J connectivity index is 1.66. The smallest absolute Gasteiger partial charge is 0.229 e. The number of amides is 2. The van der Waals surface area contributed by atoms with Crippen molar-refractivity contribution >= 4 is 23.2 Å². The number of nitrogens with zero attached hydrogens (tertiary/aromatic N) is 1. The molecule has 0 spiro atoms. The van der Waals surface area contributed by atoms with Crippen molar-refractivity contribution in [2.75, 3.05) is 23.9 Å². The number of carbonyl (C=O) groups is 2. The molecule has 1 fully saturated rings. The van der Waals surface area contributed by atoms with Crippen LogP contribution >= 0.6 is 0 Å². The number of benzene rings is 2. The molecule has 0 aliphatic carbocycles. The Bertz CT molecular complexity index is 799. The van der Waals surface area contributed by atoms with Crippen molar-refractivity contribution in [3.8, 4) is 5.75 Å². The summed E-state index contributed by atoms with van der Waals surface area (Å²) in [6.07, 6.45) is 0.215. The number of nitrogens with one attached hydrogen (secondary N) is 1. The zero-order valence-corrected chi connectivity index (χ0v) is 15.4. The van der Waals surface area contributed by atoms with Crippen LogP contribution in [-0.4, -0.2) is 25.5 Å². The zero-order chi connectivity index (χ0) is 18.7. The van der Waals surface area contributed by atoms with Crippen LogP contribution < -0.4 is 15.0 Å². The van der Waals surface area contributed by atoms with Gasteiger partial charge in [-0.15, -0.1) is 0 Å². The number of rotatable bonds is 5. The van der Waals surface area contributed by atoms with Gasteiger partial charge in [0.25, 0.3) is 0 Å². The third kappa shape index (κ3) is 3.87. The summed E-state index contributed by atoms with van der Waals surface area (Å²) in [5.74, 6) is 0.602. The van der Waals surface area contributed by atoms with Crippen molar-refractivity contribution in [1.29, 1.82) is 0 Å². The molecular weight excluding hydrogens is 328 g/mol. The molecule has 0 radical (unpaired) electrons. The fraction of sp³-hybridized carbons (Fsp3) is 0.333. The molecule has 2 amide bonds. The van der Waals surface area contributed by atoms with Crippen molar-refractivity contribution in [2.45, 2.75) is 26.2 Å². The maximum Gasteiger partial charge on any atom is 0.229 e. The highest BCUT2D eigenvalue weighted by Gasteiger charge is 2.35. The molecule has 5 nitrogen and oxygen atoms in total. The van der Waals surface area contributed by atoms with Gasteiger partial charge >= 0.3 is 0 Å². The topological polar surface area (TPSA) is 58.6 Å². The zero-order valence-electron chi connectivity index (χ0n) is 15.4. The summed E-state index contributed by atoms with van der Waals surface area (Å²) in [5.41, 5.74) is 2.74. The van der Waals surface area contributed by atoms with Gasteiger partial charge in [0.2, 0.25) is 11.8 Å². The SMILES string of the molecule is COc1cccc(N2CC(C(=O)Nc3ccc(C(C)C)cc3)CC2=O)c1. The van der Waals surface area contributed by atoms with E-state index in [2.05, 4.69) is 19.2 Å². The Morgan fingerprint density at radius 2 is 1.92 bits per heavy atom. The highest BCUT2D eigenvalue weighted by molar-refractivity contribution is 6.03. The lowest BCUT2D eigenvalue weighted by Crippen LogP contribution is -2.28. The highest BCUT2D eigenvalue weighted by atomic mass is 16.5. The third-order valence-electron chi connectivity index (χ3n) is 4.71. The van der Waals surface area contributed by atoms with Gasteiger partial charge in [-0.1, -0.05) is 32.0 Å². The number of methoxy groups -OCH3 is 1. The number of hydrogen-bond donors (Lipinski definition) is 1. The maximum atomic E-state index is 12.6. The van der Waals surface area contributed by atoms with Crippen molar-refractivity contribution in [1.82, 2.24) is 0 Å². The van der Waals surface area contributed by atoms with Gasteiger partial charge < -0.3 is 15.0 Å². The fourth-order valence-corrected chi connectivity index (χ4v) is 3.11. The molecule has 2 aromatic rings. The lowest BCUT2D eigenvalue weighted by Gasteiger charge is -2.17. The first-order valence-corrected chi connectivity index (χ1v) is 8.83. The Morgan fingerprint density at radius 1 is 1.19 bits per heavy atom. The van der Waals surface area contributed by atoms with Crippen LogP contribution in [0.15, 0.2) is 48.5 Å². The molecule has 1 aliphatic heterocycles. The van der Waals surface area contributed by atoms with Crippen molar-refractivity contribution < 1.29 is 14.3 Å². The Morgan fingerprint density at radius 3 is 2.58 bits per heavy atom. The van der Waals surface area contributed by atoms with Crippen molar-refractivity contribution in [3.05, 3.63) is 54.1 Å². The second-order valence-corrected chi connectivity index (χ2v) is 6.87. The minimum atomic E-state index is -0.363. The van der Waals surface area contributed by atoms with Crippen LogP contribution in [0.1, 0.15) is 31.7 Å². The lowest BCUT2D eigenvalue weighted by molar-refractivity contribution is -0.122. The van der Waals surface area contributed by atoms with Crippen LogP contribution in [0.2, 0.25) is 0 Å². The van der Waals surface area contributed by atoms with Crippen LogP contribution in [0, 0.1) is 5.92 Å². The maximum absolute atomic E-state index is 12.6. The monoisotopic (exact) mass is 352 g/mol. The molecule has 136 valence electrons. The first kappa shape index (κ1) is 18.0. The van der Waals surface area contributed by atoms with Gasteiger partial charge in [0.05, 0.1) is 13.0 Å². The van der Waals surface area contributed by atoms with E-state index in [0.29, 0.717) is 18.2 Å². The quantitative estimate of drug-likeness (QED) is 0.890. The van der Waals surface area contributed by atoms with Gasteiger partial charge in [-0.3, -0.25) is 9.59 Å². The molecule has 26 heavy (non-hydrogen) atoms. The fourth-order valence-electron chi connectivity index (χ4n) is 3.11. The van der Waals surface area contributed by atoms with Crippen LogP contribution in [0.3, 0.4) is 0 Å². The first-order valence-electron chi connectivity index (χ1n) is 8.83. The predicted molar refractivity (Wildman–Crippen MR) is 103 cm³/mol. The normalized spacial score (nSPS) is 16.8. The second kappa shape index (κ2) is 7.60. The van der Waals surface area contributed by atoms with Gasteiger partial charge in [-0.25, -0.2) is 0 Å². The van der Waals surface area contributed by atoms with Gasteiger partial charge in [-0.2, -0.15) is 0 Å². The Labute approximate surface area is 154 Å². The van der Waals surface area contributed by atoms with E-state index in [1.165, 1.54) is 5.56 Å². The number of hydrogen-bond acceptors (Lipinski definition) is 3. The van der Waals surface area contributed by atoms with E-state index in [9.17, 15) is 9.59 Å². The third-order valence-corrected chi connectivity index (χ3v) is 4.71. The molecule has 1 unspecified atom stereocenters. The molecule has 5 heteroatoms. The molecule has 1 aliphatic rings. The number of anilines is 2. The molecule has 0 saturated carbocycles. The minimum absolute atomic E-state index is 0.0476. The summed E-state index contributed by atoms with van der Waals surface area (Å²) in [5, 5.41) is 2.92. The van der Waals surface area contributed by atoms with Crippen LogP contribution in [0.4, 0.5) is 11.4 Å². The van der Waals surface area contributed by atoms with Crippen molar-refractivity contribution in [3.63, 3.8) is 0 Å². The molecule has 2 aromatic carbocycles. The van der Waals surface area contributed by atoms with Crippen LogP contribution in [0.5, 0.6) is 5.75 Å². The summed E-state index contributed by atoms with van der Waals surface area (Å²) < 4.78 is 5.21. The van der Waals surface area contributed by atoms with E-state index in [1.807, 2.05) is 48.5 Å². The molecule has 1 N–H and O–H groups in total. The van der Waals surface area contributed by atoms with E-state index in [-0.39, 0.29) is 24.2 Å². The molecule has 0 bridgehead atoms. The van der Waals surface area contributed by atoms with Crippen LogP contribution in [0.25, 0.3) is 0 Å². The molecular formula is C21H24N2O3. The highest BCUT2D eigenvalue weighted by Crippen LogP contribution is 2.28. The predicted octanol–water partition coefficient (Wildman–Crippen LogP) is 3.81. The van der Waals surface area contributed by atoms with E-state index in [0.717, 1.165) is 11.4 Å². The standard InChI is InChI=1S/C21H24N2O3/c1-14(2)15-7-9-17(10-8-15)22-21(25)16-11-20(24)23(13-16)18-5-4-6-19(12-18)26-3/h4-10,12,14,16H,11,13H2,1-3H3,(H,22,25). The van der Waals surface area contributed by atoms with Gasteiger partial charge in [-0.05, 0) is 35.7 Å². The summed E-state index contributed by atoms with van der Waals surface area (Å²) >= 11 is 0. The summed E-state index contributed by atoms with van der Waals surface area (Å²) in [4.78, 5) is 26.6. The molecule has 1 atom stereocenters. The largest absolute Gasteiger partial charge is 0.497 e. The van der Waals surface area contributed by atoms with E-state index >= 15 is 0 Å². The Hall–Kier alpha value is -2.82. The molecule has 0 aromatic heterocycles. The average molecular weight is 352 g/mol. The summed E-state index contributed by atoms with van der Waals surface area (Å²) in [7, 11) is 1.59. The molecule has 1 saturated heterocycles. The minimum Gasteiger partial charge on any atom is -0.497 e. The van der Waals surface area contributed by atoms with Gasteiger partial charge in [0.15, 0.2) is 0 Å². The Kier molecular flexibility index (Phi) is 5.26. The number of ether oxygens (including phenoxy) is 1. The summed E-state index contributed by atoms with van der Waals surface area (Å²) in [6, 6.07) is 15.2. The van der Waals surface area contributed by atoms with E-state index in [1.54, 1.807) is 12.0 Å². The first-order chi connectivity index (χ1) is 12.5. The van der Waals surface area contributed by atoms with E-state index in [4.69, 9.17) is 4.74 Å². The van der Waals surface area contributed by atoms with E-state index < -0.39 is 0 Å². The molecule has 3 rings (SSSR count). The summed E-state index contributed by atoms with van der Waals surface area (Å²) in [6.45, 7) is 4.64. The van der Waals surface area contributed by atoms with Gasteiger partial charge in [0, 0.05) is 30.4 Å². The van der Waals surface area contributed by atoms with Gasteiger partial charge in [0.1, 0.15) is 5.75 Å². The van der Waals surface area contributed by atoms with Crippen LogP contribution in [-0.2, 0) is 9.59 Å². The molecule has 1 heterocycles.